The summed E-state index contributed by atoms with van der Waals surface area (Å²) in [7, 11) is 0. The van der Waals surface area contributed by atoms with Crippen molar-refractivity contribution in [2.24, 2.45) is 29.1 Å². The van der Waals surface area contributed by atoms with Crippen LogP contribution in [0.25, 0.3) is 0 Å². The first-order chi connectivity index (χ1) is 10.5. The summed E-state index contributed by atoms with van der Waals surface area (Å²) in [4.78, 5) is 26.4. The fraction of sp³-hybridized carbons (Fsp3) is 0.556. The lowest BCUT2D eigenvalue weighted by molar-refractivity contribution is -0.151. The number of rotatable bonds is 8. The first-order valence-electron chi connectivity index (χ1n) is 7.85. The summed E-state index contributed by atoms with van der Waals surface area (Å²) in [5.74, 6) is -1.92. The van der Waals surface area contributed by atoms with E-state index in [9.17, 15) is 14.7 Å². The summed E-state index contributed by atoms with van der Waals surface area (Å²) in [5, 5.41) is 9.68. The predicted molar refractivity (Wildman–Crippen MR) is 86.1 cm³/mol. The van der Waals surface area contributed by atoms with Crippen LogP contribution < -0.4 is 0 Å². The van der Waals surface area contributed by atoms with Crippen molar-refractivity contribution in [1.82, 2.24) is 4.90 Å². The van der Waals surface area contributed by atoms with E-state index in [0.717, 1.165) is 12.8 Å². The van der Waals surface area contributed by atoms with Crippen LogP contribution in [0, 0.1) is 29.1 Å². The molecule has 0 aromatic heterocycles. The van der Waals surface area contributed by atoms with Gasteiger partial charge in [-0.25, -0.2) is 0 Å². The zero-order valence-electron chi connectivity index (χ0n) is 13.2. The Kier molecular flexibility index (Phi) is 4.59. The smallest absolute Gasteiger partial charge is 0.307 e. The molecule has 0 bridgehead atoms. The molecule has 120 valence electrons. The summed E-state index contributed by atoms with van der Waals surface area (Å²) in [5.41, 5.74) is -0.161. The third kappa shape index (κ3) is 2.31. The zero-order valence-corrected chi connectivity index (χ0v) is 13.2. The SMILES string of the molecule is C=CCN(CC=C)C(=O)C1C(C(=O)O)C(CC)C2(C=C)CC12. The first-order valence-corrected chi connectivity index (χ1v) is 7.85. The second-order valence-corrected chi connectivity index (χ2v) is 6.35. The summed E-state index contributed by atoms with van der Waals surface area (Å²) in [6.45, 7) is 14.1. The van der Waals surface area contributed by atoms with Crippen molar-refractivity contribution in [3.8, 4) is 0 Å². The quantitative estimate of drug-likeness (QED) is 0.701. The molecule has 1 N–H and O–H groups in total. The maximum Gasteiger partial charge on any atom is 0.307 e. The molecule has 22 heavy (non-hydrogen) atoms. The van der Waals surface area contributed by atoms with Crippen LogP contribution in [0.4, 0.5) is 0 Å². The normalized spacial score (nSPS) is 35.3. The van der Waals surface area contributed by atoms with Gasteiger partial charge < -0.3 is 10.0 Å². The number of allylic oxidation sites excluding steroid dienone is 1. The molecule has 0 saturated heterocycles. The first kappa shape index (κ1) is 16.5. The number of carbonyl (C=O) groups excluding carboxylic acids is 1. The van der Waals surface area contributed by atoms with E-state index in [4.69, 9.17) is 0 Å². The second kappa shape index (κ2) is 6.11. The van der Waals surface area contributed by atoms with Crippen molar-refractivity contribution < 1.29 is 14.7 Å². The van der Waals surface area contributed by atoms with E-state index in [-0.39, 0.29) is 23.2 Å². The van der Waals surface area contributed by atoms with Crippen molar-refractivity contribution in [1.29, 1.82) is 0 Å². The molecule has 2 aliphatic carbocycles. The highest BCUT2D eigenvalue weighted by molar-refractivity contribution is 5.87. The van der Waals surface area contributed by atoms with Gasteiger partial charge in [0.15, 0.2) is 0 Å². The Labute approximate surface area is 132 Å². The second-order valence-electron chi connectivity index (χ2n) is 6.35. The molecule has 2 saturated carbocycles. The van der Waals surface area contributed by atoms with Crippen LogP contribution in [0.1, 0.15) is 19.8 Å². The maximum absolute atomic E-state index is 12.9. The summed E-state index contributed by atoms with van der Waals surface area (Å²) < 4.78 is 0. The summed E-state index contributed by atoms with van der Waals surface area (Å²) in [6.07, 6.45) is 6.85. The molecular formula is C18H25NO3. The summed E-state index contributed by atoms with van der Waals surface area (Å²) >= 11 is 0. The monoisotopic (exact) mass is 303 g/mol. The molecule has 0 aromatic carbocycles. The largest absolute Gasteiger partial charge is 0.481 e. The van der Waals surface area contributed by atoms with Gasteiger partial charge in [-0.15, -0.1) is 19.7 Å². The fourth-order valence-electron chi connectivity index (χ4n) is 4.49. The molecule has 1 amide bonds. The van der Waals surface area contributed by atoms with Gasteiger partial charge in [-0.3, -0.25) is 9.59 Å². The van der Waals surface area contributed by atoms with Crippen LogP contribution in [0.5, 0.6) is 0 Å². The molecule has 5 unspecified atom stereocenters. The Hall–Kier alpha value is -1.84. The number of aliphatic carboxylic acids is 1. The average molecular weight is 303 g/mol. The van der Waals surface area contributed by atoms with E-state index in [2.05, 4.69) is 19.7 Å². The minimum absolute atomic E-state index is 0.00392. The molecule has 0 spiro atoms. The van der Waals surface area contributed by atoms with Crippen LogP contribution in [0.3, 0.4) is 0 Å². The van der Waals surface area contributed by atoms with E-state index < -0.39 is 17.8 Å². The number of fused-ring (bicyclic) bond motifs is 1. The van der Waals surface area contributed by atoms with Gasteiger partial charge in [0, 0.05) is 13.1 Å². The average Bonchev–Trinajstić information content (AvgIpc) is 3.15. The van der Waals surface area contributed by atoms with Gasteiger partial charge in [0.1, 0.15) is 0 Å². The van der Waals surface area contributed by atoms with E-state index in [1.165, 1.54) is 0 Å². The summed E-state index contributed by atoms with van der Waals surface area (Å²) in [6, 6.07) is 0. The molecular weight excluding hydrogens is 278 g/mol. The molecule has 0 aliphatic heterocycles. The van der Waals surface area contributed by atoms with Gasteiger partial charge in [-0.2, -0.15) is 0 Å². The van der Waals surface area contributed by atoms with Crippen molar-refractivity contribution >= 4 is 11.9 Å². The van der Waals surface area contributed by atoms with E-state index in [1.807, 2.05) is 13.0 Å². The minimum Gasteiger partial charge on any atom is -0.481 e. The molecule has 0 aromatic rings. The lowest BCUT2D eigenvalue weighted by Crippen LogP contribution is -2.42. The number of carboxylic acid groups (broad SMARTS) is 1. The molecule has 2 aliphatic rings. The lowest BCUT2D eigenvalue weighted by Gasteiger charge is -2.29. The van der Waals surface area contributed by atoms with Crippen LogP contribution in [0.2, 0.25) is 0 Å². The van der Waals surface area contributed by atoms with Crippen LogP contribution in [-0.4, -0.2) is 35.0 Å². The molecule has 2 fully saturated rings. The predicted octanol–water partition coefficient (Wildman–Crippen LogP) is 2.74. The van der Waals surface area contributed by atoms with Crippen molar-refractivity contribution in [3.05, 3.63) is 38.0 Å². The van der Waals surface area contributed by atoms with Gasteiger partial charge >= 0.3 is 5.97 Å². The fourth-order valence-corrected chi connectivity index (χ4v) is 4.49. The number of amides is 1. The van der Waals surface area contributed by atoms with Crippen LogP contribution in [-0.2, 0) is 9.59 Å². The van der Waals surface area contributed by atoms with Gasteiger partial charge in [0.05, 0.1) is 11.8 Å². The molecule has 4 nitrogen and oxygen atoms in total. The van der Waals surface area contributed by atoms with Gasteiger partial charge in [-0.05, 0) is 23.7 Å². The van der Waals surface area contributed by atoms with Crippen LogP contribution >= 0.6 is 0 Å². The standard InChI is InChI=1S/C18H25NO3/c1-5-9-19(10-6-2)16(20)14-13-11-18(13,8-4)12(7-3)15(14)17(21)22/h5-6,8,12-15H,1-2,4,7,9-11H2,3H3,(H,21,22). The lowest BCUT2D eigenvalue weighted by atomic mass is 9.78. The van der Waals surface area contributed by atoms with Crippen molar-refractivity contribution in [2.45, 2.75) is 19.8 Å². The highest BCUT2D eigenvalue weighted by Gasteiger charge is 2.72. The molecule has 4 heteroatoms. The zero-order chi connectivity index (χ0) is 16.5. The Morgan fingerprint density at radius 1 is 1.23 bits per heavy atom. The number of carboxylic acids is 1. The maximum atomic E-state index is 12.9. The number of hydrogen-bond donors (Lipinski definition) is 1. The van der Waals surface area contributed by atoms with Crippen molar-refractivity contribution in [3.63, 3.8) is 0 Å². The highest BCUT2D eigenvalue weighted by atomic mass is 16.4. The van der Waals surface area contributed by atoms with Gasteiger partial charge in [0.25, 0.3) is 0 Å². The topological polar surface area (TPSA) is 57.6 Å². The number of hydrogen-bond acceptors (Lipinski definition) is 2. The van der Waals surface area contributed by atoms with E-state index in [0.29, 0.717) is 13.1 Å². The molecule has 5 atom stereocenters. The Morgan fingerprint density at radius 2 is 1.82 bits per heavy atom. The van der Waals surface area contributed by atoms with E-state index in [1.54, 1.807) is 17.1 Å². The Bertz CT molecular complexity index is 502. The van der Waals surface area contributed by atoms with E-state index >= 15 is 0 Å². The third-order valence-electron chi connectivity index (χ3n) is 5.45. The molecule has 2 rings (SSSR count). The third-order valence-corrected chi connectivity index (χ3v) is 5.45. The number of carbonyl (C=O) groups is 2. The Balaban J connectivity index is 2.33. The minimum atomic E-state index is -0.865. The Morgan fingerprint density at radius 3 is 2.23 bits per heavy atom. The number of nitrogens with zero attached hydrogens (tertiary/aromatic N) is 1. The van der Waals surface area contributed by atoms with Gasteiger partial charge in [-0.1, -0.05) is 31.6 Å². The highest BCUT2D eigenvalue weighted by Crippen LogP contribution is 2.72. The molecule has 0 heterocycles. The van der Waals surface area contributed by atoms with Gasteiger partial charge in [0.2, 0.25) is 5.91 Å². The van der Waals surface area contributed by atoms with Crippen LogP contribution in [0.15, 0.2) is 38.0 Å². The van der Waals surface area contributed by atoms with Crippen molar-refractivity contribution in [2.75, 3.05) is 13.1 Å². The molecule has 0 radical (unpaired) electrons.